The van der Waals surface area contributed by atoms with Crippen molar-refractivity contribution in [1.29, 1.82) is 0 Å². The molecule has 3 aliphatic rings. The number of aliphatic hydroxyl groups is 1. The van der Waals surface area contributed by atoms with E-state index in [0.29, 0.717) is 12.0 Å². The average Bonchev–Trinajstić information content (AvgIpc) is 2.82. The van der Waals surface area contributed by atoms with Crippen molar-refractivity contribution in [3.63, 3.8) is 0 Å². The van der Waals surface area contributed by atoms with Gasteiger partial charge in [0.2, 0.25) is 0 Å². The lowest BCUT2D eigenvalue weighted by atomic mass is 9.59. The zero-order chi connectivity index (χ0) is 10.9. The van der Waals surface area contributed by atoms with Crippen LogP contribution in [-0.2, 0) is 4.74 Å². The van der Waals surface area contributed by atoms with Gasteiger partial charge in [0.05, 0.1) is 18.3 Å². The summed E-state index contributed by atoms with van der Waals surface area (Å²) >= 11 is 0. The molecule has 2 nitrogen and oxygen atoms in total. The van der Waals surface area contributed by atoms with Gasteiger partial charge in [-0.3, -0.25) is 0 Å². The van der Waals surface area contributed by atoms with Crippen LogP contribution in [0.25, 0.3) is 0 Å². The molecule has 0 spiro atoms. The van der Waals surface area contributed by atoms with E-state index >= 15 is 0 Å². The van der Waals surface area contributed by atoms with Gasteiger partial charge in [0, 0.05) is 6.42 Å². The second-order valence-electron chi connectivity index (χ2n) is 6.74. The minimum atomic E-state index is -0.496. The van der Waals surface area contributed by atoms with E-state index in [2.05, 4.69) is 20.8 Å². The molecular formula is C13H22O2. The third-order valence-corrected chi connectivity index (χ3v) is 5.75. The van der Waals surface area contributed by atoms with Gasteiger partial charge in [0.15, 0.2) is 0 Å². The second kappa shape index (κ2) is 2.60. The van der Waals surface area contributed by atoms with Crippen molar-refractivity contribution in [2.24, 2.45) is 16.7 Å². The highest BCUT2D eigenvalue weighted by atomic mass is 16.6. The van der Waals surface area contributed by atoms with Gasteiger partial charge in [0.1, 0.15) is 0 Å². The van der Waals surface area contributed by atoms with Crippen molar-refractivity contribution >= 4 is 0 Å². The third-order valence-electron chi connectivity index (χ3n) is 5.75. The normalized spacial score (nSPS) is 56.0. The maximum atomic E-state index is 11.1. The largest absolute Gasteiger partial charge is 0.389 e. The van der Waals surface area contributed by atoms with Gasteiger partial charge < -0.3 is 9.84 Å². The standard InChI is InChI=1S/C13H22O2/c1-11(2)9-4-5-12(3,6-9)13(11,14)7-10-8-15-10/h9-10,14H,4-8H2,1-3H3/t9-,10-,12+,13-/m0/s1. The molecule has 1 aliphatic heterocycles. The zero-order valence-electron chi connectivity index (χ0n) is 10.0. The van der Waals surface area contributed by atoms with Gasteiger partial charge in [0.25, 0.3) is 0 Å². The number of ether oxygens (including phenoxy) is 1. The average molecular weight is 210 g/mol. The molecule has 86 valence electrons. The van der Waals surface area contributed by atoms with Crippen LogP contribution >= 0.6 is 0 Å². The summed E-state index contributed by atoms with van der Waals surface area (Å²) in [5.74, 6) is 0.714. The van der Waals surface area contributed by atoms with E-state index in [1.807, 2.05) is 0 Å². The molecule has 0 aromatic rings. The third kappa shape index (κ3) is 1.07. The lowest BCUT2D eigenvalue weighted by molar-refractivity contribution is -0.150. The Morgan fingerprint density at radius 2 is 2.00 bits per heavy atom. The topological polar surface area (TPSA) is 32.8 Å². The zero-order valence-corrected chi connectivity index (χ0v) is 10.0. The number of hydrogen-bond acceptors (Lipinski definition) is 2. The number of fused-ring (bicyclic) bond motifs is 2. The molecule has 2 saturated carbocycles. The van der Waals surface area contributed by atoms with Gasteiger partial charge in [-0.25, -0.2) is 0 Å². The quantitative estimate of drug-likeness (QED) is 0.710. The predicted molar refractivity (Wildman–Crippen MR) is 58.5 cm³/mol. The van der Waals surface area contributed by atoms with Gasteiger partial charge in [-0.2, -0.15) is 0 Å². The van der Waals surface area contributed by atoms with Crippen LogP contribution in [0.3, 0.4) is 0 Å². The summed E-state index contributed by atoms with van der Waals surface area (Å²) in [6, 6.07) is 0. The van der Waals surface area contributed by atoms with Crippen LogP contribution in [-0.4, -0.2) is 23.4 Å². The van der Waals surface area contributed by atoms with Crippen molar-refractivity contribution in [3.05, 3.63) is 0 Å². The number of hydrogen-bond donors (Lipinski definition) is 1. The molecule has 0 aromatic carbocycles. The SMILES string of the molecule is CC1(C)[C@H]2CC[C@](C)(C2)[C@]1(O)C[C@H]1CO1. The van der Waals surface area contributed by atoms with Crippen molar-refractivity contribution in [2.45, 2.75) is 58.2 Å². The van der Waals surface area contributed by atoms with Crippen LogP contribution in [0.2, 0.25) is 0 Å². The Balaban J connectivity index is 1.96. The summed E-state index contributed by atoms with van der Waals surface area (Å²) in [6.07, 6.45) is 4.91. The van der Waals surface area contributed by atoms with Gasteiger partial charge in [-0.05, 0) is 36.0 Å². The van der Waals surface area contributed by atoms with Crippen molar-refractivity contribution in [1.82, 2.24) is 0 Å². The molecule has 0 radical (unpaired) electrons. The molecule has 15 heavy (non-hydrogen) atoms. The molecule has 0 unspecified atom stereocenters. The van der Waals surface area contributed by atoms with Crippen LogP contribution in [0, 0.1) is 16.7 Å². The fourth-order valence-electron chi connectivity index (χ4n) is 4.37. The lowest BCUT2D eigenvalue weighted by Crippen LogP contribution is -2.54. The van der Waals surface area contributed by atoms with Crippen LogP contribution in [0.15, 0.2) is 0 Å². The first-order valence-electron chi connectivity index (χ1n) is 6.23. The summed E-state index contributed by atoms with van der Waals surface area (Å²) in [6.45, 7) is 7.65. The molecular weight excluding hydrogens is 188 g/mol. The molecule has 1 saturated heterocycles. The summed E-state index contributed by atoms with van der Waals surface area (Å²) < 4.78 is 5.32. The first kappa shape index (κ1) is 10.1. The Labute approximate surface area is 92.0 Å². The lowest BCUT2D eigenvalue weighted by Gasteiger charge is -2.50. The van der Waals surface area contributed by atoms with E-state index in [4.69, 9.17) is 4.74 Å². The maximum absolute atomic E-state index is 11.1. The van der Waals surface area contributed by atoms with E-state index in [-0.39, 0.29) is 10.8 Å². The summed E-state index contributed by atoms with van der Waals surface area (Å²) in [5, 5.41) is 11.1. The highest BCUT2D eigenvalue weighted by Gasteiger charge is 2.68. The van der Waals surface area contributed by atoms with Gasteiger partial charge >= 0.3 is 0 Å². The first-order valence-corrected chi connectivity index (χ1v) is 6.23. The van der Waals surface area contributed by atoms with Crippen LogP contribution in [0.1, 0.15) is 46.5 Å². The second-order valence-corrected chi connectivity index (χ2v) is 6.74. The van der Waals surface area contributed by atoms with E-state index in [1.54, 1.807) is 0 Å². The summed E-state index contributed by atoms with van der Waals surface area (Å²) in [5.41, 5.74) is -0.275. The maximum Gasteiger partial charge on any atom is 0.0837 e. The highest BCUT2D eigenvalue weighted by molar-refractivity contribution is 5.18. The van der Waals surface area contributed by atoms with E-state index in [0.717, 1.165) is 13.0 Å². The molecule has 3 fully saturated rings. The van der Waals surface area contributed by atoms with E-state index < -0.39 is 5.60 Å². The van der Waals surface area contributed by atoms with Gasteiger partial charge in [-0.15, -0.1) is 0 Å². The summed E-state index contributed by atoms with van der Waals surface area (Å²) in [4.78, 5) is 0. The first-order chi connectivity index (χ1) is 6.89. The number of rotatable bonds is 2. The molecule has 1 N–H and O–H groups in total. The molecule has 3 rings (SSSR count). The molecule has 2 bridgehead atoms. The smallest absolute Gasteiger partial charge is 0.0837 e. The Hall–Kier alpha value is -0.0800. The minimum absolute atomic E-state index is 0.0753. The molecule has 0 amide bonds. The Bertz CT molecular complexity index is 288. The minimum Gasteiger partial charge on any atom is -0.389 e. The molecule has 1 heterocycles. The molecule has 0 aromatic heterocycles. The Morgan fingerprint density at radius 1 is 1.33 bits per heavy atom. The van der Waals surface area contributed by atoms with Crippen molar-refractivity contribution < 1.29 is 9.84 Å². The number of epoxide rings is 1. The molecule has 2 heteroatoms. The van der Waals surface area contributed by atoms with E-state index in [1.165, 1.54) is 19.3 Å². The predicted octanol–water partition coefficient (Wildman–Crippen LogP) is 2.35. The highest BCUT2D eigenvalue weighted by Crippen LogP contribution is 2.69. The summed E-state index contributed by atoms with van der Waals surface area (Å²) in [7, 11) is 0. The van der Waals surface area contributed by atoms with Crippen LogP contribution < -0.4 is 0 Å². The fraction of sp³-hybridized carbons (Fsp3) is 1.00. The van der Waals surface area contributed by atoms with Crippen LogP contribution in [0.5, 0.6) is 0 Å². The van der Waals surface area contributed by atoms with Crippen LogP contribution in [0.4, 0.5) is 0 Å². The van der Waals surface area contributed by atoms with Crippen molar-refractivity contribution in [2.75, 3.05) is 6.61 Å². The Morgan fingerprint density at radius 3 is 2.47 bits per heavy atom. The van der Waals surface area contributed by atoms with E-state index in [9.17, 15) is 5.11 Å². The molecule has 4 atom stereocenters. The monoisotopic (exact) mass is 210 g/mol. The fourth-order valence-corrected chi connectivity index (χ4v) is 4.37. The Kier molecular flexibility index (Phi) is 1.75. The van der Waals surface area contributed by atoms with Crippen molar-refractivity contribution in [3.8, 4) is 0 Å². The van der Waals surface area contributed by atoms with Gasteiger partial charge in [-0.1, -0.05) is 20.8 Å². The molecule has 2 aliphatic carbocycles.